The molecule has 1 saturated carbocycles. The predicted molar refractivity (Wildman–Crippen MR) is 64.2 cm³/mol. The molecule has 16 heavy (non-hydrogen) atoms. The third-order valence-electron chi connectivity index (χ3n) is 2.36. The van der Waals surface area contributed by atoms with E-state index in [9.17, 15) is 0 Å². The van der Waals surface area contributed by atoms with E-state index in [0.717, 1.165) is 23.0 Å². The smallest absolute Gasteiger partial charge is 0.144 e. The molecular formula is C10H16N4OS. The Morgan fingerprint density at radius 1 is 1.50 bits per heavy atom. The molecule has 0 atom stereocenters. The fraction of sp³-hybridized carbons (Fsp3) is 0.600. The summed E-state index contributed by atoms with van der Waals surface area (Å²) in [5.41, 5.74) is 2.57. The van der Waals surface area contributed by atoms with Crippen LogP contribution in [0.4, 0.5) is 5.82 Å². The number of anilines is 1. The van der Waals surface area contributed by atoms with Crippen molar-refractivity contribution in [2.45, 2.75) is 30.2 Å². The zero-order valence-corrected chi connectivity index (χ0v) is 9.83. The minimum atomic E-state index is 0.218. The highest BCUT2D eigenvalue weighted by molar-refractivity contribution is 7.99. The number of nitrogens with one attached hydrogen (secondary N) is 1. The van der Waals surface area contributed by atoms with E-state index >= 15 is 0 Å². The average molecular weight is 240 g/mol. The number of thioether (sulfide) groups is 1. The molecule has 1 aliphatic rings. The van der Waals surface area contributed by atoms with Crippen molar-refractivity contribution in [3.05, 3.63) is 11.9 Å². The van der Waals surface area contributed by atoms with Gasteiger partial charge in [-0.2, -0.15) is 0 Å². The van der Waals surface area contributed by atoms with Gasteiger partial charge in [0.15, 0.2) is 0 Å². The summed E-state index contributed by atoms with van der Waals surface area (Å²) in [5, 5.41) is 9.65. The van der Waals surface area contributed by atoms with Gasteiger partial charge < -0.3 is 10.5 Å². The molecule has 1 aromatic rings. The minimum Gasteiger partial charge on any atom is -0.396 e. The molecule has 0 aliphatic heterocycles. The topological polar surface area (TPSA) is 84.1 Å². The van der Waals surface area contributed by atoms with E-state index < -0.39 is 0 Å². The number of nitrogens with two attached hydrogens (primary N) is 1. The number of hydrogen-bond donors (Lipinski definition) is 3. The van der Waals surface area contributed by atoms with Crippen LogP contribution in [0.5, 0.6) is 0 Å². The van der Waals surface area contributed by atoms with Gasteiger partial charge in [-0.25, -0.2) is 15.8 Å². The Morgan fingerprint density at radius 2 is 2.31 bits per heavy atom. The SMILES string of the molecule is NNc1cc(SCCCO)nc(C2CC2)n1. The molecule has 88 valence electrons. The molecule has 1 aromatic heterocycles. The molecular weight excluding hydrogens is 224 g/mol. The molecule has 0 bridgehead atoms. The predicted octanol–water partition coefficient (Wildman–Crippen LogP) is 1.11. The number of aliphatic hydroxyl groups excluding tert-OH is 1. The first-order chi connectivity index (χ1) is 7.83. The number of hydrogen-bond acceptors (Lipinski definition) is 6. The third kappa shape index (κ3) is 3.07. The summed E-state index contributed by atoms with van der Waals surface area (Å²) in [6, 6.07) is 1.84. The monoisotopic (exact) mass is 240 g/mol. The van der Waals surface area contributed by atoms with Crippen molar-refractivity contribution >= 4 is 17.6 Å². The van der Waals surface area contributed by atoms with Crippen LogP contribution < -0.4 is 11.3 Å². The van der Waals surface area contributed by atoms with Crippen LogP contribution in [0.1, 0.15) is 31.0 Å². The van der Waals surface area contributed by atoms with Gasteiger partial charge in [-0.05, 0) is 19.3 Å². The van der Waals surface area contributed by atoms with E-state index in [1.807, 2.05) is 6.07 Å². The Morgan fingerprint density at radius 3 is 2.94 bits per heavy atom. The number of hydrazine groups is 1. The van der Waals surface area contributed by atoms with E-state index in [1.54, 1.807) is 11.8 Å². The third-order valence-corrected chi connectivity index (χ3v) is 3.36. The lowest BCUT2D eigenvalue weighted by Gasteiger charge is -2.06. The van der Waals surface area contributed by atoms with Crippen LogP contribution >= 0.6 is 11.8 Å². The van der Waals surface area contributed by atoms with Gasteiger partial charge in [-0.1, -0.05) is 0 Å². The Hall–Kier alpha value is -0.850. The lowest BCUT2D eigenvalue weighted by atomic mass is 10.4. The van der Waals surface area contributed by atoms with Gasteiger partial charge in [-0.3, -0.25) is 0 Å². The molecule has 0 spiro atoms. The molecule has 0 radical (unpaired) electrons. The second-order valence-corrected chi connectivity index (χ2v) is 4.91. The van der Waals surface area contributed by atoms with Crippen LogP contribution in [0.25, 0.3) is 0 Å². The van der Waals surface area contributed by atoms with Crippen molar-refractivity contribution in [2.75, 3.05) is 17.8 Å². The minimum absolute atomic E-state index is 0.218. The van der Waals surface area contributed by atoms with Crippen molar-refractivity contribution in [3.63, 3.8) is 0 Å². The summed E-state index contributed by atoms with van der Waals surface area (Å²) in [4.78, 5) is 8.82. The van der Waals surface area contributed by atoms with Crippen molar-refractivity contribution in [2.24, 2.45) is 5.84 Å². The number of aliphatic hydroxyl groups is 1. The molecule has 0 unspecified atom stereocenters. The van der Waals surface area contributed by atoms with Gasteiger partial charge in [0.1, 0.15) is 16.7 Å². The zero-order valence-electron chi connectivity index (χ0n) is 9.02. The fourth-order valence-corrected chi connectivity index (χ4v) is 2.19. The molecule has 1 heterocycles. The van der Waals surface area contributed by atoms with E-state index in [0.29, 0.717) is 11.7 Å². The molecule has 0 saturated heterocycles. The second-order valence-electron chi connectivity index (χ2n) is 3.79. The van der Waals surface area contributed by atoms with Crippen LogP contribution in [0.3, 0.4) is 0 Å². The fourth-order valence-electron chi connectivity index (χ4n) is 1.36. The van der Waals surface area contributed by atoms with Crippen LogP contribution in [0, 0.1) is 0 Å². The summed E-state index contributed by atoms with van der Waals surface area (Å²) < 4.78 is 0. The molecule has 4 N–H and O–H groups in total. The number of rotatable bonds is 6. The lowest BCUT2D eigenvalue weighted by Crippen LogP contribution is -2.10. The standard InChI is InChI=1S/C10H16N4OS/c11-14-8-6-9(16-5-1-4-15)13-10(12-8)7-2-3-7/h6-7,15H,1-5,11H2,(H,12,13,14). The average Bonchev–Trinajstić information content (AvgIpc) is 3.13. The zero-order chi connectivity index (χ0) is 11.4. The Labute approximate surface area is 98.8 Å². The van der Waals surface area contributed by atoms with Crippen LogP contribution in [-0.2, 0) is 0 Å². The Balaban J connectivity index is 2.06. The first-order valence-corrected chi connectivity index (χ1v) is 6.41. The van der Waals surface area contributed by atoms with Crippen LogP contribution in [0.2, 0.25) is 0 Å². The van der Waals surface area contributed by atoms with E-state index in [1.165, 1.54) is 12.8 Å². The van der Waals surface area contributed by atoms with Crippen LogP contribution in [0.15, 0.2) is 11.1 Å². The quantitative estimate of drug-likeness (QED) is 0.227. The van der Waals surface area contributed by atoms with Gasteiger partial charge in [0, 0.05) is 24.3 Å². The maximum Gasteiger partial charge on any atom is 0.144 e. The molecule has 1 aliphatic carbocycles. The first-order valence-electron chi connectivity index (χ1n) is 5.42. The lowest BCUT2D eigenvalue weighted by molar-refractivity contribution is 0.296. The summed E-state index contributed by atoms with van der Waals surface area (Å²) in [6.45, 7) is 0.218. The molecule has 2 rings (SSSR count). The number of nitrogens with zero attached hydrogens (tertiary/aromatic N) is 2. The van der Waals surface area contributed by atoms with Gasteiger partial charge in [0.2, 0.25) is 0 Å². The van der Waals surface area contributed by atoms with Crippen molar-refractivity contribution in [1.29, 1.82) is 0 Å². The summed E-state index contributed by atoms with van der Waals surface area (Å²) >= 11 is 1.63. The largest absolute Gasteiger partial charge is 0.396 e. The maximum atomic E-state index is 8.72. The number of nitrogen functional groups attached to an aromatic ring is 1. The van der Waals surface area contributed by atoms with Crippen LogP contribution in [-0.4, -0.2) is 27.4 Å². The summed E-state index contributed by atoms with van der Waals surface area (Å²) in [5.74, 6) is 8.32. The maximum absolute atomic E-state index is 8.72. The molecule has 5 nitrogen and oxygen atoms in total. The molecule has 0 amide bonds. The van der Waals surface area contributed by atoms with Gasteiger partial charge in [-0.15, -0.1) is 11.8 Å². The van der Waals surface area contributed by atoms with E-state index in [-0.39, 0.29) is 6.61 Å². The highest BCUT2D eigenvalue weighted by atomic mass is 32.2. The molecule has 6 heteroatoms. The molecule has 1 fully saturated rings. The Kier molecular flexibility index (Phi) is 3.98. The highest BCUT2D eigenvalue weighted by Gasteiger charge is 2.27. The summed E-state index contributed by atoms with van der Waals surface area (Å²) in [6.07, 6.45) is 3.13. The summed E-state index contributed by atoms with van der Waals surface area (Å²) in [7, 11) is 0. The van der Waals surface area contributed by atoms with Crippen molar-refractivity contribution in [1.82, 2.24) is 9.97 Å². The Bertz CT molecular complexity index is 357. The van der Waals surface area contributed by atoms with E-state index in [4.69, 9.17) is 10.9 Å². The first kappa shape index (κ1) is 11.6. The highest BCUT2D eigenvalue weighted by Crippen LogP contribution is 2.39. The van der Waals surface area contributed by atoms with Crippen molar-refractivity contribution in [3.8, 4) is 0 Å². The van der Waals surface area contributed by atoms with Gasteiger partial charge in [0.25, 0.3) is 0 Å². The van der Waals surface area contributed by atoms with E-state index in [2.05, 4.69) is 15.4 Å². The second kappa shape index (κ2) is 5.47. The normalized spacial score (nSPS) is 15.1. The number of aromatic nitrogens is 2. The van der Waals surface area contributed by atoms with Gasteiger partial charge >= 0.3 is 0 Å². The van der Waals surface area contributed by atoms with Crippen molar-refractivity contribution < 1.29 is 5.11 Å². The van der Waals surface area contributed by atoms with Gasteiger partial charge in [0.05, 0.1) is 0 Å². The molecule has 0 aromatic carbocycles.